The summed E-state index contributed by atoms with van der Waals surface area (Å²) in [6.45, 7) is 2.71. The summed E-state index contributed by atoms with van der Waals surface area (Å²) in [4.78, 5) is 0. The van der Waals surface area contributed by atoms with Crippen molar-refractivity contribution in [2.75, 3.05) is 6.54 Å². The van der Waals surface area contributed by atoms with E-state index in [1.54, 1.807) is 0 Å². The molecular formula is C14H17F2N. The van der Waals surface area contributed by atoms with Crippen LogP contribution in [0.25, 0.3) is 0 Å². The maximum absolute atomic E-state index is 13.5. The third-order valence-corrected chi connectivity index (χ3v) is 2.64. The number of nitrogens with one attached hydrogen (secondary N) is 1. The number of rotatable bonds is 6. The number of likely N-dealkylation sites (N-methyl/N-ethyl adjacent to an activating group) is 1. The van der Waals surface area contributed by atoms with Gasteiger partial charge >= 0.3 is 0 Å². The molecule has 0 aromatic heterocycles. The van der Waals surface area contributed by atoms with Gasteiger partial charge < -0.3 is 5.32 Å². The molecule has 1 nitrogen and oxygen atoms in total. The lowest BCUT2D eigenvalue weighted by atomic mass is 10.0. The topological polar surface area (TPSA) is 12.0 Å². The van der Waals surface area contributed by atoms with E-state index >= 15 is 0 Å². The van der Waals surface area contributed by atoms with Crippen molar-refractivity contribution in [3.8, 4) is 12.3 Å². The number of halogens is 2. The van der Waals surface area contributed by atoms with Gasteiger partial charge in [0.2, 0.25) is 0 Å². The number of hydrogen-bond acceptors (Lipinski definition) is 1. The fourth-order valence-corrected chi connectivity index (χ4v) is 1.80. The second kappa shape index (κ2) is 7.03. The smallest absolute Gasteiger partial charge is 0.129 e. The van der Waals surface area contributed by atoms with Crippen LogP contribution in [-0.2, 0) is 6.42 Å². The van der Waals surface area contributed by atoms with Crippen molar-refractivity contribution >= 4 is 0 Å². The van der Waals surface area contributed by atoms with Crippen molar-refractivity contribution in [2.45, 2.75) is 32.2 Å². The van der Waals surface area contributed by atoms with E-state index in [-0.39, 0.29) is 11.6 Å². The molecule has 0 aliphatic carbocycles. The van der Waals surface area contributed by atoms with Gasteiger partial charge in [0.25, 0.3) is 0 Å². The van der Waals surface area contributed by atoms with E-state index in [2.05, 4.69) is 11.2 Å². The summed E-state index contributed by atoms with van der Waals surface area (Å²) in [5.41, 5.74) is 0.135. The predicted molar refractivity (Wildman–Crippen MR) is 65.6 cm³/mol. The average Bonchev–Trinajstić information content (AvgIpc) is 2.31. The molecule has 0 aliphatic heterocycles. The standard InChI is InChI=1S/C14H17F2N/c1-3-5-7-11(17-4-2)10-12-13(15)8-6-9-14(12)16/h1,6,8-9,11,17H,4-5,7,10H2,2H3. The third-order valence-electron chi connectivity index (χ3n) is 2.64. The van der Waals surface area contributed by atoms with Gasteiger partial charge in [0.1, 0.15) is 11.6 Å². The van der Waals surface area contributed by atoms with E-state index < -0.39 is 11.6 Å². The minimum atomic E-state index is -0.492. The Labute approximate surface area is 101 Å². The highest BCUT2D eigenvalue weighted by Crippen LogP contribution is 2.15. The maximum atomic E-state index is 13.5. The van der Waals surface area contributed by atoms with E-state index in [4.69, 9.17) is 6.42 Å². The Balaban J connectivity index is 2.75. The number of terminal acetylenes is 1. The molecule has 92 valence electrons. The van der Waals surface area contributed by atoms with Crippen LogP contribution in [0.4, 0.5) is 8.78 Å². The zero-order valence-corrected chi connectivity index (χ0v) is 9.97. The lowest BCUT2D eigenvalue weighted by molar-refractivity contribution is 0.468. The zero-order chi connectivity index (χ0) is 12.7. The summed E-state index contributed by atoms with van der Waals surface area (Å²) in [6.07, 6.45) is 6.85. The summed E-state index contributed by atoms with van der Waals surface area (Å²) >= 11 is 0. The second-order valence-corrected chi connectivity index (χ2v) is 3.90. The second-order valence-electron chi connectivity index (χ2n) is 3.90. The highest BCUT2D eigenvalue weighted by atomic mass is 19.1. The van der Waals surface area contributed by atoms with Crippen LogP contribution in [0.15, 0.2) is 18.2 Å². The fraction of sp³-hybridized carbons (Fsp3) is 0.429. The summed E-state index contributed by atoms with van der Waals surface area (Å²) in [5.74, 6) is 1.56. The first-order chi connectivity index (χ1) is 8.19. The molecular weight excluding hydrogens is 220 g/mol. The van der Waals surface area contributed by atoms with Crippen LogP contribution >= 0.6 is 0 Å². The molecule has 0 aliphatic rings. The molecule has 1 rings (SSSR count). The zero-order valence-electron chi connectivity index (χ0n) is 9.97. The quantitative estimate of drug-likeness (QED) is 0.750. The maximum Gasteiger partial charge on any atom is 0.129 e. The van der Waals surface area contributed by atoms with Crippen LogP contribution in [0.2, 0.25) is 0 Å². The first-order valence-corrected chi connectivity index (χ1v) is 5.78. The van der Waals surface area contributed by atoms with Gasteiger partial charge in [0, 0.05) is 18.0 Å². The average molecular weight is 237 g/mol. The molecule has 1 aromatic rings. The SMILES string of the molecule is C#CCCC(Cc1c(F)cccc1F)NCC. The van der Waals surface area contributed by atoms with Crippen molar-refractivity contribution in [3.63, 3.8) is 0 Å². The Bertz CT molecular complexity index is 375. The lowest BCUT2D eigenvalue weighted by Gasteiger charge is -2.17. The molecule has 0 radical (unpaired) electrons. The van der Waals surface area contributed by atoms with Crippen molar-refractivity contribution in [1.29, 1.82) is 0 Å². The fourth-order valence-electron chi connectivity index (χ4n) is 1.80. The van der Waals surface area contributed by atoms with Crippen molar-refractivity contribution in [3.05, 3.63) is 35.4 Å². The highest BCUT2D eigenvalue weighted by molar-refractivity contribution is 5.20. The van der Waals surface area contributed by atoms with E-state index in [0.29, 0.717) is 12.8 Å². The Morgan fingerprint density at radius 3 is 2.53 bits per heavy atom. The Hall–Kier alpha value is -1.40. The monoisotopic (exact) mass is 237 g/mol. The minimum Gasteiger partial charge on any atom is -0.314 e. The molecule has 1 aromatic carbocycles. The molecule has 1 atom stereocenters. The highest BCUT2D eigenvalue weighted by Gasteiger charge is 2.14. The Morgan fingerprint density at radius 1 is 1.35 bits per heavy atom. The summed E-state index contributed by atoms with van der Waals surface area (Å²) in [7, 11) is 0. The molecule has 0 fully saturated rings. The minimum absolute atomic E-state index is 0.0162. The number of hydrogen-bond donors (Lipinski definition) is 1. The van der Waals surface area contributed by atoms with Gasteiger partial charge in [0.05, 0.1) is 0 Å². The van der Waals surface area contributed by atoms with Crippen LogP contribution in [-0.4, -0.2) is 12.6 Å². The van der Waals surface area contributed by atoms with E-state index in [1.807, 2.05) is 6.92 Å². The van der Waals surface area contributed by atoms with Crippen molar-refractivity contribution < 1.29 is 8.78 Å². The largest absolute Gasteiger partial charge is 0.314 e. The summed E-state index contributed by atoms with van der Waals surface area (Å²) in [6, 6.07) is 3.95. The van der Waals surface area contributed by atoms with Crippen LogP contribution in [0.5, 0.6) is 0 Å². The van der Waals surface area contributed by atoms with Gasteiger partial charge in [-0.2, -0.15) is 0 Å². The Morgan fingerprint density at radius 2 is 2.00 bits per heavy atom. The normalized spacial score (nSPS) is 12.1. The van der Waals surface area contributed by atoms with Crippen LogP contribution in [0, 0.1) is 24.0 Å². The van der Waals surface area contributed by atoms with Crippen molar-refractivity contribution in [2.24, 2.45) is 0 Å². The lowest BCUT2D eigenvalue weighted by Crippen LogP contribution is -2.31. The number of benzene rings is 1. The molecule has 0 amide bonds. The molecule has 0 saturated heterocycles. The van der Waals surface area contributed by atoms with Crippen LogP contribution in [0.3, 0.4) is 0 Å². The van der Waals surface area contributed by atoms with Gasteiger partial charge in [0.15, 0.2) is 0 Å². The first-order valence-electron chi connectivity index (χ1n) is 5.78. The molecule has 0 bridgehead atoms. The molecule has 1 unspecified atom stereocenters. The molecule has 17 heavy (non-hydrogen) atoms. The van der Waals surface area contributed by atoms with Gasteiger partial charge in [-0.05, 0) is 31.5 Å². The molecule has 3 heteroatoms. The molecule has 1 N–H and O–H groups in total. The Kier molecular flexibility index (Phi) is 5.65. The molecule has 0 saturated carbocycles. The summed E-state index contributed by atoms with van der Waals surface area (Å²) in [5, 5.41) is 3.19. The van der Waals surface area contributed by atoms with Gasteiger partial charge in [-0.25, -0.2) is 8.78 Å². The van der Waals surface area contributed by atoms with Gasteiger partial charge in [-0.3, -0.25) is 0 Å². The van der Waals surface area contributed by atoms with Gasteiger partial charge in [-0.15, -0.1) is 12.3 Å². The predicted octanol–water partition coefficient (Wildman–Crippen LogP) is 2.90. The van der Waals surface area contributed by atoms with Gasteiger partial charge in [-0.1, -0.05) is 13.0 Å². The van der Waals surface area contributed by atoms with E-state index in [9.17, 15) is 8.78 Å². The summed E-state index contributed by atoms with van der Waals surface area (Å²) < 4.78 is 26.9. The third kappa shape index (κ3) is 4.16. The van der Waals surface area contributed by atoms with Crippen LogP contribution in [0.1, 0.15) is 25.3 Å². The molecule has 0 heterocycles. The molecule has 0 spiro atoms. The van der Waals surface area contributed by atoms with Crippen molar-refractivity contribution in [1.82, 2.24) is 5.32 Å². The first kappa shape index (κ1) is 13.7. The van der Waals surface area contributed by atoms with Crippen LogP contribution < -0.4 is 5.32 Å². The van der Waals surface area contributed by atoms with E-state index in [1.165, 1.54) is 18.2 Å². The van der Waals surface area contributed by atoms with E-state index in [0.717, 1.165) is 13.0 Å².